The molecule has 0 aliphatic carbocycles. The maximum atomic E-state index is 13.0. The minimum absolute atomic E-state index is 0.226. The van der Waals surface area contributed by atoms with Gasteiger partial charge in [-0.25, -0.2) is 4.39 Å². The fourth-order valence-electron chi connectivity index (χ4n) is 1.59. The highest BCUT2D eigenvalue weighted by Gasteiger charge is 2.05. The van der Waals surface area contributed by atoms with E-state index < -0.39 is 0 Å². The number of fused-ring (bicyclic) bond motifs is 1. The summed E-state index contributed by atoms with van der Waals surface area (Å²) in [6.07, 6.45) is 1.05. The summed E-state index contributed by atoms with van der Waals surface area (Å²) in [5, 5.41) is 0.989. The lowest BCUT2D eigenvalue weighted by molar-refractivity contribution is 0.629. The van der Waals surface area contributed by atoms with E-state index in [1.807, 2.05) is 26.0 Å². The number of halogens is 1. The normalized spacial score (nSPS) is 11.8. The van der Waals surface area contributed by atoms with Crippen molar-refractivity contribution >= 4 is 10.9 Å². The summed E-state index contributed by atoms with van der Waals surface area (Å²) in [4.78, 5) is 4.47. The maximum absolute atomic E-state index is 13.0. The molecule has 1 aromatic heterocycles. The van der Waals surface area contributed by atoms with Crippen LogP contribution in [0.2, 0.25) is 0 Å². The van der Waals surface area contributed by atoms with Crippen LogP contribution >= 0.6 is 0 Å². The molecule has 0 spiro atoms. The van der Waals surface area contributed by atoms with Crippen molar-refractivity contribution in [3.8, 4) is 0 Å². The molecule has 1 nitrogen and oxygen atoms in total. The first-order valence-corrected chi connectivity index (χ1v) is 6.27. The highest BCUT2D eigenvalue weighted by atomic mass is 19.1. The van der Waals surface area contributed by atoms with Gasteiger partial charge in [0.15, 0.2) is 0 Å². The molecule has 0 amide bonds. The molecule has 0 aliphatic heterocycles. The average molecular weight is 233 g/mol. The second kappa shape index (κ2) is 6.33. The number of rotatable bonds is 2. The second-order valence-electron chi connectivity index (χ2n) is 3.88. The van der Waals surface area contributed by atoms with Crippen molar-refractivity contribution in [1.29, 1.82) is 0 Å². The van der Waals surface area contributed by atoms with Crippen LogP contribution < -0.4 is 0 Å². The molecule has 0 N–H and O–H groups in total. The van der Waals surface area contributed by atoms with Gasteiger partial charge in [-0.2, -0.15) is 0 Å². The van der Waals surface area contributed by atoms with E-state index in [4.69, 9.17) is 0 Å². The third kappa shape index (κ3) is 3.26. The Kier molecular flexibility index (Phi) is 5.08. The minimum Gasteiger partial charge on any atom is -0.252 e. The summed E-state index contributed by atoms with van der Waals surface area (Å²) in [7, 11) is 0. The van der Waals surface area contributed by atoms with Gasteiger partial charge in [-0.05, 0) is 30.5 Å². The van der Waals surface area contributed by atoms with E-state index in [2.05, 4.69) is 18.8 Å². The smallest absolute Gasteiger partial charge is 0.125 e. The van der Waals surface area contributed by atoms with Crippen LogP contribution in [0.15, 0.2) is 30.3 Å². The quantitative estimate of drug-likeness (QED) is 0.718. The Morgan fingerprint density at radius 3 is 2.47 bits per heavy atom. The molecule has 0 saturated carbocycles. The molecule has 0 saturated heterocycles. The minimum atomic E-state index is -0.226. The molecular formula is C15H20FN. The Bertz CT molecular complexity index is 479. The van der Waals surface area contributed by atoms with Gasteiger partial charge in [0.25, 0.3) is 0 Å². The van der Waals surface area contributed by atoms with Crippen LogP contribution in [-0.4, -0.2) is 4.98 Å². The fourth-order valence-corrected chi connectivity index (χ4v) is 1.59. The van der Waals surface area contributed by atoms with Crippen LogP contribution in [-0.2, 0) is 0 Å². The molecule has 0 fully saturated rings. The summed E-state index contributed by atoms with van der Waals surface area (Å²) < 4.78 is 13.0. The van der Waals surface area contributed by atoms with Crippen molar-refractivity contribution in [1.82, 2.24) is 4.98 Å². The number of pyridine rings is 1. The van der Waals surface area contributed by atoms with Crippen LogP contribution in [0.25, 0.3) is 10.9 Å². The number of hydrogen-bond acceptors (Lipinski definition) is 1. The zero-order valence-corrected chi connectivity index (χ0v) is 11.0. The lowest BCUT2D eigenvalue weighted by Gasteiger charge is -2.08. The molecule has 1 aromatic carbocycles. The molecule has 0 bridgehead atoms. The standard InChI is InChI=1S/C13H14FN.C2H6/c1-3-9(2)12-7-5-10-4-6-11(14)8-13(10)15-12;1-2/h4-9H,3H2,1-2H3;1-2H3. The molecule has 2 heteroatoms. The number of nitrogens with zero attached hydrogens (tertiary/aromatic N) is 1. The molecular weight excluding hydrogens is 213 g/mol. The van der Waals surface area contributed by atoms with Gasteiger partial charge in [0.1, 0.15) is 5.82 Å². The van der Waals surface area contributed by atoms with Crippen molar-refractivity contribution in [2.45, 2.75) is 40.0 Å². The third-order valence-electron chi connectivity index (χ3n) is 2.79. The summed E-state index contributed by atoms with van der Waals surface area (Å²) in [6, 6.07) is 8.74. The zero-order valence-electron chi connectivity index (χ0n) is 11.0. The van der Waals surface area contributed by atoms with Crippen LogP contribution in [0, 0.1) is 5.82 Å². The van der Waals surface area contributed by atoms with Gasteiger partial charge < -0.3 is 0 Å². The third-order valence-corrected chi connectivity index (χ3v) is 2.79. The fraction of sp³-hybridized carbons (Fsp3) is 0.400. The topological polar surface area (TPSA) is 12.9 Å². The largest absolute Gasteiger partial charge is 0.252 e. The molecule has 0 radical (unpaired) electrons. The van der Waals surface area contributed by atoms with Crippen LogP contribution in [0.4, 0.5) is 4.39 Å². The van der Waals surface area contributed by atoms with Crippen LogP contribution in [0.3, 0.4) is 0 Å². The first-order chi connectivity index (χ1) is 8.20. The van der Waals surface area contributed by atoms with Gasteiger partial charge in [-0.15, -0.1) is 0 Å². The lowest BCUT2D eigenvalue weighted by Crippen LogP contribution is -1.95. The van der Waals surface area contributed by atoms with Crippen molar-refractivity contribution in [2.24, 2.45) is 0 Å². The molecule has 92 valence electrons. The van der Waals surface area contributed by atoms with Gasteiger partial charge in [-0.1, -0.05) is 33.8 Å². The Morgan fingerprint density at radius 2 is 1.82 bits per heavy atom. The van der Waals surface area contributed by atoms with E-state index in [9.17, 15) is 4.39 Å². The SMILES string of the molecule is CC.CCC(C)c1ccc2ccc(F)cc2n1. The Balaban J connectivity index is 0.000000686. The Hall–Kier alpha value is -1.44. The van der Waals surface area contributed by atoms with E-state index in [0.29, 0.717) is 5.92 Å². The van der Waals surface area contributed by atoms with Crippen LogP contribution in [0.1, 0.15) is 45.7 Å². The monoisotopic (exact) mass is 233 g/mol. The molecule has 1 heterocycles. The van der Waals surface area contributed by atoms with Gasteiger partial charge in [0.05, 0.1) is 5.52 Å². The van der Waals surface area contributed by atoms with E-state index >= 15 is 0 Å². The predicted octanol–water partition coefficient (Wildman–Crippen LogP) is 4.91. The Labute approximate surface area is 103 Å². The summed E-state index contributed by atoms with van der Waals surface area (Å²) in [6.45, 7) is 8.26. The first kappa shape index (κ1) is 13.6. The van der Waals surface area contributed by atoms with E-state index in [0.717, 1.165) is 23.0 Å². The zero-order chi connectivity index (χ0) is 12.8. The molecule has 17 heavy (non-hydrogen) atoms. The second-order valence-corrected chi connectivity index (χ2v) is 3.88. The van der Waals surface area contributed by atoms with Gasteiger partial charge in [0, 0.05) is 17.1 Å². The highest BCUT2D eigenvalue weighted by Crippen LogP contribution is 2.20. The molecule has 2 rings (SSSR count). The van der Waals surface area contributed by atoms with Gasteiger partial charge in [-0.3, -0.25) is 4.98 Å². The average Bonchev–Trinajstić information content (AvgIpc) is 2.39. The Morgan fingerprint density at radius 1 is 1.18 bits per heavy atom. The molecule has 1 unspecified atom stereocenters. The van der Waals surface area contributed by atoms with Crippen molar-refractivity contribution in [2.75, 3.05) is 0 Å². The highest BCUT2D eigenvalue weighted by molar-refractivity contribution is 5.78. The summed E-state index contributed by atoms with van der Waals surface area (Å²) in [5.41, 5.74) is 1.78. The summed E-state index contributed by atoms with van der Waals surface area (Å²) >= 11 is 0. The molecule has 2 aromatic rings. The van der Waals surface area contributed by atoms with Gasteiger partial charge in [0.2, 0.25) is 0 Å². The summed E-state index contributed by atoms with van der Waals surface area (Å²) in [5.74, 6) is 0.203. The maximum Gasteiger partial charge on any atom is 0.125 e. The van der Waals surface area contributed by atoms with Crippen molar-refractivity contribution < 1.29 is 4.39 Å². The number of benzene rings is 1. The van der Waals surface area contributed by atoms with E-state index in [1.54, 1.807) is 6.07 Å². The van der Waals surface area contributed by atoms with E-state index in [-0.39, 0.29) is 5.82 Å². The van der Waals surface area contributed by atoms with Crippen molar-refractivity contribution in [3.63, 3.8) is 0 Å². The van der Waals surface area contributed by atoms with Gasteiger partial charge >= 0.3 is 0 Å². The molecule has 1 atom stereocenters. The van der Waals surface area contributed by atoms with E-state index in [1.165, 1.54) is 12.1 Å². The molecule has 0 aliphatic rings. The number of hydrogen-bond donors (Lipinski definition) is 0. The van der Waals surface area contributed by atoms with Crippen LogP contribution in [0.5, 0.6) is 0 Å². The first-order valence-electron chi connectivity index (χ1n) is 6.27. The lowest BCUT2D eigenvalue weighted by atomic mass is 10.0. The van der Waals surface area contributed by atoms with Crippen molar-refractivity contribution in [3.05, 3.63) is 41.8 Å². The predicted molar refractivity (Wildman–Crippen MR) is 71.8 cm³/mol. The number of aromatic nitrogens is 1.